The van der Waals surface area contributed by atoms with E-state index in [2.05, 4.69) is 47.8 Å². The number of benzene rings is 2. The van der Waals surface area contributed by atoms with Gasteiger partial charge in [0.15, 0.2) is 0 Å². The van der Waals surface area contributed by atoms with Crippen molar-refractivity contribution in [3.63, 3.8) is 0 Å². The molecule has 2 aromatic carbocycles. The minimum Gasteiger partial charge on any atom is -0.394 e. The molecule has 0 amide bonds. The quantitative estimate of drug-likeness (QED) is 0.881. The summed E-state index contributed by atoms with van der Waals surface area (Å²) in [6, 6.07) is 20.9. The monoisotopic (exact) mass is 281 g/mol. The van der Waals surface area contributed by atoms with Crippen LogP contribution in [0.4, 0.5) is 5.69 Å². The molecule has 0 aromatic heterocycles. The normalized spacial score (nSPS) is 25.5. The number of aliphatic hydroxyl groups is 1. The summed E-state index contributed by atoms with van der Waals surface area (Å²) in [5.41, 5.74) is 2.17. The molecule has 2 heteroatoms. The highest BCUT2D eigenvalue weighted by Crippen LogP contribution is 2.42. The number of anilines is 1. The molecule has 0 radical (unpaired) electrons. The van der Waals surface area contributed by atoms with E-state index in [0.717, 1.165) is 18.5 Å². The van der Waals surface area contributed by atoms with Crippen LogP contribution in [0.25, 0.3) is 0 Å². The Balaban J connectivity index is 1.93. The molecular formula is C19H23NO. The summed E-state index contributed by atoms with van der Waals surface area (Å²) in [6.07, 6.45) is 4.55. The topological polar surface area (TPSA) is 32.3 Å². The predicted molar refractivity (Wildman–Crippen MR) is 87.5 cm³/mol. The van der Waals surface area contributed by atoms with Gasteiger partial charge in [0.2, 0.25) is 0 Å². The number of para-hydroxylation sites is 1. The Bertz CT molecular complexity index is 554. The maximum atomic E-state index is 10.2. The minimum atomic E-state index is -0.249. The van der Waals surface area contributed by atoms with E-state index in [4.69, 9.17) is 0 Å². The fraction of sp³-hybridized carbons (Fsp3) is 0.368. The van der Waals surface area contributed by atoms with Gasteiger partial charge < -0.3 is 10.4 Å². The zero-order valence-electron chi connectivity index (χ0n) is 12.3. The molecule has 0 aliphatic heterocycles. The second-order valence-electron chi connectivity index (χ2n) is 6.01. The predicted octanol–water partition coefficient (Wildman–Crippen LogP) is 4.19. The zero-order chi connectivity index (χ0) is 14.5. The van der Waals surface area contributed by atoms with Crippen molar-refractivity contribution in [2.24, 2.45) is 0 Å². The highest BCUT2D eigenvalue weighted by Gasteiger charge is 2.41. The van der Waals surface area contributed by atoms with Gasteiger partial charge in [-0.05, 0) is 30.5 Å². The van der Waals surface area contributed by atoms with Gasteiger partial charge in [0.25, 0.3) is 0 Å². The molecule has 0 heterocycles. The first-order valence-corrected chi connectivity index (χ1v) is 7.83. The first-order chi connectivity index (χ1) is 10.3. The largest absolute Gasteiger partial charge is 0.394 e. The van der Waals surface area contributed by atoms with Crippen molar-refractivity contribution in [2.75, 3.05) is 11.9 Å². The van der Waals surface area contributed by atoms with Crippen LogP contribution in [0.2, 0.25) is 0 Å². The van der Waals surface area contributed by atoms with Gasteiger partial charge in [0, 0.05) is 11.6 Å². The SMILES string of the molecule is OCC1(Nc2ccccc2)CCCCC1c1ccccc1. The van der Waals surface area contributed by atoms with Crippen LogP contribution in [0.15, 0.2) is 60.7 Å². The summed E-state index contributed by atoms with van der Waals surface area (Å²) in [5, 5.41) is 13.8. The van der Waals surface area contributed by atoms with Gasteiger partial charge >= 0.3 is 0 Å². The van der Waals surface area contributed by atoms with E-state index in [1.54, 1.807) is 0 Å². The number of rotatable bonds is 4. The van der Waals surface area contributed by atoms with E-state index in [1.807, 2.05) is 18.2 Å². The third kappa shape index (κ3) is 2.96. The molecule has 110 valence electrons. The smallest absolute Gasteiger partial charge is 0.0672 e. The lowest BCUT2D eigenvalue weighted by Gasteiger charge is -2.44. The summed E-state index contributed by atoms with van der Waals surface area (Å²) in [7, 11) is 0. The molecule has 1 aliphatic carbocycles. The van der Waals surface area contributed by atoms with E-state index >= 15 is 0 Å². The maximum Gasteiger partial charge on any atom is 0.0672 e. The Morgan fingerprint density at radius 1 is 0.952 bits per heavy atom. The van der Waals surface area contributed by atoms with Crippen molar-refractivity contribution in [3.05, 3.63) is 66.2 Å². The Morgan fingerprint density at radius 3 is 2.29 bits per heavy atom. The van der Waals surface area contributed by atoms with E-state index in [1.165, 1.54) is 18.4 Å². The summed E-state index contributed by atoms with van der Waals surface area (Å²) < 4.78 is 0. The van der Waals surface area contributed by atoms with Gasteiger partial charge in [0.05, 0.1) is 12.1 Å². The molecule has 0 spiro atoms. The Morgan fingerprint density at radius 2 is 1.62 bits per heavy atom. The molecule has 3 rings (SSSR count). The zero-order valence-corrected chi connectivity index (χ0v) is 12.3. The van der Waals surface area contributed by atoms with Gasteiger partial charge in [-0.1, -0.05) is 61.4 Å². The maximum absolute atomic E-state index is 10.2. The van der Waals surface area contributed by atoms with Crippen LogP contribution >= 0.6 is 0 Å². The summed E-state index contributed by atoms with van der Waals surface area (Å²) >= 11 is 0. The average Bonchev–Trinajstić information content (AvgIpc) is 2.57. The molecule has 1 fully saturated rings. The van der Waals surface area contributed by atoms with Crippen molar-refractivity contribution in [1.82, 2.24) is 0 Å². The van der Waals surface area contributed by atoms with E-state index in [9.17, 15) is 5.11 Å². The van der Waals surface area contributed by atoms with E-state index in [-0.39, 0.29) is 12.1 Å². The van der Waals surface area contributed by atoms with Crippen LogP contribution in [0, 0.1) is 0 Å². The third-order valence-corrected chi connectivity index (χ3v) is 4.68. The Kier molecular flexibility index (Phi) is 4.26. The molecule has 2 unspecified atom stereocenters. The first kappa shape index (κ1) is 14.2. The van der Waals surface area contributed by atoms with Crippen molar-refractivity contribution in [1.29, 1.82) is 0 Å². The minimum absolute atomic E-state index is 0.168. The van der Waals surface area contributed by atoms with Crippen molar-refractivity contribution in [2.45, 2.75) is 37.1 Å². The van der Waals surface area contributed by atoms with Gasteiger partial charge in [-0.25, -0.2) is 0 Å². The number of hydrogen-bond acceptors (Lipinski definition) is 2. The highest BCUT2D eigenvalue weighted by atomic mass is 16.3. The van der Waals surface area contributed by atoms with Gasteiger partial charge in [-0.15, -0.1) is 0 Å². The fourth-order valence-corrected chi connectivity index (χ4v) is 3.60. The molecule has 1 saturated carbocycles. The first-order valence-electron chi connectivity index (χ1n) is 7.83. The van der Waals surface area contributed by atoms with Gasteiger partial charge in [-0.3, -0.25) is 0 Å². The van der Waals surface area contributed by atoms with Crippen LogP contribution < -0.4 is 5.32 Å². The van der Waals surface area contributed by atoms with E-state index in [0.29, 0.717) is 5.92 Å². The lowest BCUT2D eigenvalue weighted by molar-refractivity contribution is 0.151. The summed E-state index contributed by atoms with van der Waals surface area (Å²) in [6.45, 7) is 0.168. The fourth-order valence-electron chi connectivity index (χ4n) is 3.60. The standard InChI is InChI=1S/C19H23NO/c21-15-19(20-17-11-5-2-6-12-17)14-8-7-13-18(19)16-9-3-1-4-10-16/h1-6,9-12,18,20-21H,7-8,13-15H2. The number of aliphatic hydroxyl groups excluding tert-OH is 1. The summed E-state index contributed by atoms with van der Waals surface area (Å²) in [5.74, 6) is 0.359. The Hall–Kier alpha value is -1.80. The van der Waals surface area contributed by atoms with Crippen molar-refractivity contribution < 1.29 is 5.11 Å². The number of nitrogens with one attached hydrogen (secondary N) is 1. The molecule has 1 aliphatic rings. The lowest BCUT2D eigenvalue weighted by Crippen LogP contribution is -2.49. The molecule has 2 nitrogen and oxygen atoms in total. The molecule has 21 heavy (non-hydrogen) atoms. The second-order valence-corrected chi connectivity index (χ2v) is 6.01. The van der Waals surface area contributed by atoms with Crippen LogP contribution in [0.5, 0.6) is 0 Å². The van der Waals surface area contributed by atoms with Crippen molar-refractivity contribution >= 4 is 5.69 Å². The number of hydrogen-bond donors (Lipinski definition) is 2. The molecule has 0 bridgehead atoms. The van der Waals surface area contributed by atoms with Crippen LogP contribution in [-0.4, -0.2) is 17.3 Å². The molecule has 2 atom stereocenters. The average molecular weight is 281 g/mol. The van der Waals surface area contributed by atoms with Crippen LogP contribution in [0.1, 0.15) is 37.2 Å². The molecule has 0 saturated heterocycles. The molecule has 2 N–H and O–H groups in total. The highest BCUT2D eigenvalue weighted by molar-refractivity contribution is 5.47. The van der Waals surface area contributed by atoms with Crippen molar-refractivity contribution in [3.8, 4) is 0 Å². The van der Waals surface area contributed by atoms with Crippen LogP contribution in [0.3, 0.4) is 0 Å². The lowest BCUT2D eigenvalue weighted by atomic mass is 9.70. The van der Waals surface area contributed by atoms with E-state index < -0.39 is 0 Å². The summed E-state index contributed by atoms with van der Waals surface area (Å²) in [4.78, 5) is 0. The second kappa shape index (κ2) is 6.31. The molecular weight excluding hydrogens is 258 g/mol. The third-order valence-electron chi connectivity index (χ3n) is 4.68. The Labute approximate surface area is 126 Å². The van der Waals surface area contributed by atoms with Gasteiger partial charge in [-0.2, -0.15) is 0 Å². The molecule has 2 aromatic rings. The van der Waals surface area contributed by atoms with Crippen LogP contribution in [-0.2, 0) is 0 Å². The van der Waals surface area contributed by atoms with Gasteiger partial charge in [0.1, 0.15) is 0 Å².